The van der Waals surface area contributed by atoms with E-state index in [1.165, 1.54) is 6.20 Å². The summed E-state index contributed by atoms with van der Waals surface area (Å²) in [7, 11) is 0. The van der Waals surface area contributed by atoms with Crippen LogP contribution in [0.2, 0.25) is 20.1 Å². The summed E-state index contributed by atoms with van der Waals surface area (Å²) in [6.45, 7) is -0.210. The van der Waals surface area contributed by atoms with Crippen LogP contribution in [0.1, 0.15) is 5.56 Å². The molecule has 1 N–H and O–H groups in total. The van der Waals surface area contributed by atoms with Crippen molar-refractivity contribution < 1.29 is 5.11 Å². The Morgan fingerprint density at radius 3 is 2.11 bits per heavy atom. The van der Waals surface area contributed by atoms with Gasteiger partial charge in [-0.1, -0.05) is 46.4 Å². The van der Waals surface area contributed by atoms with Gasteiger partial charge in [0.2, 0.25) is 0 Å². The van der Waals surface area contributed by atoms with Gasteiger partial charge in [-0.25, -0.2) is 0 Å². The predicted octanol–water partition coefficient (Wildman–Crippen LogP) is 4.85. The van der Waals surface area contributed by atoms with Crippen LogP contribution in [0.5, 0.6) is 0 Å². The van der Waals surface area contributed by atoms with Crippen LogP contribution in [0.15, 0.2) is 24.4 Å². The Morgan fingerprint density at radius 1 is 0.944 bits per heavy atom. The third-order valence-corrected chi connectivity index (χ3v) is 3.37. The van der Waals surface area contributed by atoms with Gasteiger partial charge >= 0.3 is 0 Å². The van der Waals surface area contributed by atoms with E-state index in [-0.39, 0.29) is 6.61 Å². The van der Waals surface area contributed by atoms with Gasteiger partial charge in [0, 0.05) is 22.3 Å². The van der Waals surface area contributed by atoms with Gasteiger partial charge < -0.3 is 5.11 Å². The van der Waals surface area contributed by atoms with Crippen LogP contribution in [-0.2, 0) is 6.61 Å². The maximum Gasteiger partial charge on any atom is 0.0788 e. The van der Waals surface area contributed by atoms with Crippen molar-refractivity contribution in [3.63, 3.8) is 0 Å². The minimum atomic E-state index is -0.210. The van der Waals surface area contributed by atoms with E-state index in [4.69, 9.17) is 46.4 Å². The van der Waals surface area contributed by atoms with E-state index in [9.17, 15) is 5.11 Å². The largest absolute Gasteiger partial charge is 0.392 e. The quantitative estimate of drug-likeness (QED) is 0.857. The number of benzene rings is 1. The Kier molecular flexibility index (Phi) is 4.36. The molecule has 2 nitrogen and oxygen atoms in total. The molecule has 0 radical (unpaired) electrons. The minimum absolute atomic E-state index is 0.210. The summed E-state index contributed by atoms with van der Waals surface area (Å²) >= 11 is 23.9. The highest BCUT2D eigenvalue weighted by atomic mass is 35.5. The fourth-order valence-corrected chi connectivity index (χ4v) is 2.77. The second-order valence-electron chi connectivity index (χ2n) is 3.56. The molecule has 94 valence electrons. The molecule has 0 bridgehead atoms. The molecule has 0 aliphatic heterocycles. The lowest BCUT2D eigenvalue weighted by molar-refractivity contribution is 0.282. The van der Waals surface area contributed by atoms with Crippen molar-refractivity contribution in [2.75, 3.05) is 0 Å². The molecule has 1 heterocycles. The van der Waals surface area contributed by atoms with Gasteiger partial charge in [-0.15, -0.1) is 0 Å². The third kappa shape index (κ3) is 2.73. The van der Waals surface area contributed by atoms with Crippen molar-refractivity contribution in [1.82, 2.24) is 4.98 Å². The van der Waals surface area contributed by atoms with Gasteiger partial charge in [-0.2, -0.15) is 0 Å². The second kappa shape index (κ2) is 5.64. The molecule has 6 heteroatoms. The van der Waals surface area contributed by atoms with Gasteiger partial charge in [-0.3, -0.25) is 4.98 Å². The van der Waals surface area contributed by atoms with E-state index >= 15 is 0 Å². The lowest BCUT2D eigenvalue weighted by atomic mass is 10.1. The standard InChI is InChI=1S/C12H7Cl4NO/c13-7-2-9(15)11(10(16)3-7)12-6(5-18)1-8(14)4-17-12/h1-4,18H,5H2. The number of hydrogen-bond donors (Lipinski definition) is 1. The smallest absolute Gasteiger partial charge is 0.0788 e. The van der Waals surface area contributed by atoms with Crippen molar-refractivity contribution in [3.8, 4) is 11.3 Å². The van der Waals surface area contributed by atoms with Crippen molar-refractivity contribution in [1.29, 1.82) is 0 Å². The minimum Gasteiger partial charge on any atom is -0.392 e. The molecule has 0 fully saturated rings. The van der Waals surface area contributed by atoms with Crippen LogP contribution in [0.3, 0.4) is 0 Å². The van der Waals surface area contributed by atoms with Crippen molar-refractivity contribution in [3.05, 3.63) is 50.0 Å². The second-order valence-corrected chi connectivity index (χ2v) is 5.25. The van der Waals surface area contributed by atoms with Crippen molar-refractivity contribution in [2.24, 2.45) is 0 Å². The number of halogens is 4. The first-order valence-corrected chi connectivity index (χ1v) is 6.44. The molecule has 0 aliphatic carbocycles. The lowest BCUT2D eigenvalue weighted by Crippen LogP contribution is -1.95. The van der Waals surface area contributed by atoms with Gasteiger partial charge in [-0.05, 0) is 18.2 Å². The van der Waals surface area contributed by atoms with Crippen molar-refractivity contribution >= 4 is 46.4 Å². The summed E-state index contributed by atoms with van der Waals surface area (Å²) in [5.41, 5.74) is 1.57. The summed E-state index contributed by atoms with van der Waals surface area (Å²) in [5, 5.41) is 10.9. The zero-order valence-corrected chi connectivity index (χ0v) is 11.9. The highest BCUT2D eigenvalue weighted by molar-refractivity contribution is 6.41. The van der Waals surface area contributed by atoms with Crippen LogP contribution in [0.25, 0.3) is 11.3 Å². The van der Waals surface area contributed by atoms with Gasteiger partial charge in [0.1, 0.15) is 0 Å². The maximum absolute atomic E-state index is 9.33. The highest BCUT2D eigenvalue weighted by Crippen LogP contribution is 2.38. The Labute approximate surface area is 124 Å². The van der Waals surface area contributed by atoms with E-state index < -0.39 is 0 Å². The SMILES string of the molecule is OCc1cc(Cl)cnc1-c1c(Cl)cc(Cl)cc1Cl. The lowest BCUT2D eigenvalue weighted by Gasteiger charge is -2.11. The maximum atomic E-state index is 9.33. The molecule has 0 atom stereocenters. The Balaban J connectivity index is 2.69. The van der Waals surface area contributed by atoms with Gasteiger partial charge in [0.05, 0.1) is 27.4 Å². The average Bonchev–Trinajstić information content (AvgIpc) is 2.29. The number of aromatic nitrogens is 1. The molecule has 0 amide bonds. The van der Waals surface area contributed by atoms with E-state index in [0.717, 1.165) is 0 Å². The first kappa shape index (κ1) is 13.9. The van der Waals surface area contributed by atoms with E-state index in [2.05, 4.69) is 4.98 Å². The molecule has 1 aromatic carbocycles. The number of nitrogens with zero attached hydrogens (tertiary/aromatic N) is 1. The van der Waals surface area contributed by atoms with Crippen molar-refractivity contribution in [2.45, 2.75) is 6.61 Å². The summed E-state index contributed by atoms with van der Waals surface area (Å²) in [6.07, 6.45) is 1.47. The summed E-state index contributed by atoms with van der Waals surface area (Å²) in [5.74, 6) is 0. The molecular formula is C12H7Cl4NO. The number of pyridine rings is 1. The summed E-state index contributed by atoms with van der Waals surface area (Å²) in [6, 6.07) is 4.76. The Morgan fingerprint density at radius 2 is 1.56 bits per heavy atom. The Bertz CT molecular complexity index is 578. The molecule has 0 saturated heterocycles. The average molecular weight is 323 g/mol. The molecule has 18 heavy (non-hydrogen) atoms. The topological polar surface area (TPSA) is 33.1 Å². The summed E-state index contributed by atoms with van der Waals surface area (Å²) < 4.78 is 0. The molecule has 0 spiro atoms. The number of aliphatic hydroxyl groups is 1. The fourth-order valence-electron chi connectivity index (χ4n) is 1.60. The van der Waals surface area contributed by atoms with Crippen LogP contribution in [0.4, 0.5) is 0 Å². The van der Waals surface area contributed by atoms with Gasteiger partial charge in [0.15, 0.2) is 0 Å². The number of hydrogen-bond acceptors (Lipinski definition) is 2. The zero-order valence-electron chi connectivity index (χ0n) is 8.92. The monoisotopic (exact) mass is 321 g/mol. The first-order valence-electron chi connectivity index (χ1n) is 4.93. The molecule has 2 aromatic rings. The van der Waals surface area contributed by atoms with Crippen LogP contribution in [-0.4, -0.2) is 10.1 Å². The normalized spacial score (nSPS) is 10.7. The number of aliphatic hydroxyl groups excluding tert-OH is 1. The van der Waals surface area contributed by atoms with E-state index in [1.807, 2.05) is 0 Å². The van der Waals surface area contributed by atoms with Crippen LogP contribution < -0.4 is 0 Å². The van der Waals surface area contributed by atoms with Gasteiger partial charge in [0.25, 0.3) is 0 Å². The highest BCUT2D eigenvalue weighted by Gasteiger charge is 2.15. The molecule has 2 rings (SSSR count). The number of rotatable bonds is 2. The molecule has 1 aromatic heterocycles. The Hall–Kier alpha value is -0.510. The van der Waals surface area contributed by atoms with Crippen LogP contribution >= 0.6 is 46.4 Å². The third-order valence-electron chi connectivity index (χ3n) is 2.35. The zero-order chi connectivity index (χ0) is 13.3. The van der Waals surface area contributed by atoms with Crippen LogP contribution in [0, 0.1) is 0 Å². The fraction of sp³-hybridized carbons (Fsp3) is 0.0833. The predicted molar refractivity (Wildman–Crippen MR) is 75.6 cm³/mol. The first-order chi connectivity index (χ1) is 8.52. The van der Waals surface area contributed by atoms with E-state index in [0.29, 0.717) is 36.9 Å². The van der Waals surface area contributed by atoms with E-state index in [1.54, 1.807) is 18.2 Å². The molecule has 0 aliphatic rings. The summed E-state index contributed by atoms with van der Waals surface area (Å²) in [4.78, 5) is 4.17. The molecular weight excluding hydrogens is 316 g/mol. The molecule has 0 unspecified atom stereocenters. The molecule has 0 saturated carbocycles.